The number of rotatable bonds is 4. The lowest BCUT2D eigenvalue weighted by molar-refractivity contribution is -0.129. The number of halogens is 1. The topological polar surface area (TPSA) is 67.4 Å². The summed E-state index contributed by atoms with van der Waals surface area (Å²) in [5.41, 5.74) is 0. The van der Waals surface area contributed by atoms with Gasteiger partial charge in [-0.25, -0.2) is 0 Å². The largest absolute Gasteiger partial charge is 0.481 e. The van der Waals surface area contributed by atoms with E-state index in [0.29, 0.717) is 30.2 Å². The molecule has 2 atom stereocenters. The van der Waals surface area contributed by atoms with E-state index in [1.165, 1.54) is 0 Å². The second kappa shape index (κ2) is 6.61. The Morgan fingerprint density at radius 2 is 2.35 bits per heavy atom. The molecule has 0 bridgehead atoms. The summed E-state index contributed by atoms with van der Waals surface area (Å²) in [6, 6.07) is 6.87. The Hall–Kier alpha value is -1.75. The molecule has 1 saturated heterocycles. The highest BCUT2D eigenvalue weighted by Crippen LogP contribution is 2.18. The zero-order valence-corrected chi connectivity index (χ0v) is 11.9. The SMILES string of the molecule is CC(Oc1cccc(Cl)c1)C(=O)NC1CCC(=O)NC1. The van der Waals surface area contributed by atoms with E-state index in [1.807, 2.05) is 0 Å². The van der Waals surface area contributed by atoms with Crippen molar-refractivity contribution in [3.63, 3.8) is 0 Å². The van der Waals surface area contributed by atoms with Crippen LogP contribution < -0.4 is 15.4 Å². The molecule has 0 spiro atoms. The van der Waals surface area contributed by atoms with Gasteiger partial charge in [0.1, 0.15) is 5.75 Å². The Morgan fingerprint density at radius 3 is 3.00 bits per heavy atom. The van der Waals surface area contributed by atoms with E-state index < -0.39 is 6.10 Å². The number of ether oxygens (including phenoxy) is 1. The van der Waals surface area contributed by atoms with Crippen LogP contribution in [0.1, 0.15) is 19.8 Å². The van der Waals surface area contributed by atoms with Gasteiger partial charge in [0.05, 0.1) is 0 Å². The second-order valence-corrected chi connectivity index (χ2v) is 5.20. The van der Waals surface area contributed by atoms with Crippen molar-refractivity contribution in [3.8, 4) is 5.75 Å². The van der Waals surface area contributed by atoms with Crippen molar-refractivity contribution in [2.45, 2.75) is 31.9 Å². The first-order valence-corrected chi connectivity index (χ1v) is 6.91. The highest BCUT2D eigenvalue weighted by Gasteiger charge is 2.22. The first-order valence-electron chi connectivity index (χ1n) is 6.54. The summed E-state index contributed by atoms with van der Waals surface area (Å²) in [5, 5.41) is 6.14. The van der Waals surface area contributed by atoms with E-state index in [9.17, 15) is 9.59 Å². The molecule has 2 N–H and O–H groups in total. The number of benzene rings is 1. The molecule has 5 nitrogen and oxygen atoms in total. The van der Waals surface area contributed by atoms with Gasteiger partial charge in [0.25, 0.3) is 5.91 Å². The van der Waals surface area contributed by atoms with Crippen molar-refractivity contribution in [1.29, 1.82) is 0 Å². The monoisotopic (exact) mass is 296 g/mol. The van der Waals surface area contributed by atoms with E-state index >= 15 is 0 Å². The summed E-state index contributed by atoms with van der Waals surface area (Å²) in [5.74, 6) is 0.377. The van der Waals surface area contributed by atoms with Crippen molar-refractivity contribution in [1.82, 2.24) is 10.6 Å². The first kappa shape index (κ1) is 14.7. The second-order valence-electron chi connectivity index (χ2n) is 4.77. The zero-order chi connectivity index (χ0) is 14.5. The van der Waals surface area contributed by atoms with Crippen LogP contribution in [-0.4, -0.2) is 30.5 Å². The number of carbonyl (C=O) groups excluding carboxylic acids is 2. The van der Waals surface area contributed by atoms with Crippen molar-refractivity contribution >= 4 is 23.4 Å². The summed E-state index contributed by atoms with van der Waals surface area (Å²) in [6.45, 7) is 2.14. The molecule has 0 radical (unpaired) electrons. The maximum atomic E-state index is 12.0. The minimum atomic E-state index is -0.619. The number of hydrogen-bond donors (Lipinski definition) is 2. The van der Waals surface area contributed by atoms with Crippen LogP contribution in [0, 0.1) is 0 Å². The zero-order valence-electron chi connectivity index (χ0n) is 11.2. The molecule has 108 valence electrons. The molecule has 1 fully saturated rings. The molecule has 2 unspecified atom stereocenters. The maximum absolute atomic E-state index is 12.0. The lowest BCUT2D eigenvalue weighted by Gasteiger charge is -2.25. The van der Waals surface area contributed by atoms with Crippen LogP contribution in [0.5, 0.6) is 5.75 Å². The normalized spacial score (nSPS) is 19.9. The molecule has 2 rings (SSSR count). The minimum Gasteiger partial charge on any atom is -0.481 e. The third-order valence-corrected chi connectivity index (χ3v) is 3.33. The molecular formula is C14H17ClN2O3. The predicted molar refractivity (Wildman–Crippen MR) is 75.7 cm³/mol. The summed E-state index contributed by atoms with van der Waals surface area (Å²) in [4.78, 5) is 23.0. The molecule has 0 saturated carbocycles. The molecule has 0 aliphatic carbocycles. The minimum absolute atomic E-state index is 0.0266. The van der Waals surface area contributed by atoms with Crippen LogP contribution in [0.15, 0.2) is 24.3 Å². The standard InChI is InChI=1S/C14H17ClN2O3/c1-9(20-12-4-2-3-10(15)7-12)14(19)17-11-5-6-13(18)16-8-11/h2-4,7,9,11H,5-6,8H2,1H3,(H,16,18)(H,17,19). The predicted octanol–water partition coefficient (Wildman–Crippen LogP) is 1.50. The Labute approximate surface area is 122 Å². The van der Waals surface area contributed by atoms with Gasteiger partial charge in [-0.1, -0.05) is 17.7 Å². The molecule has 6 heteroatoms. The van der Waals surface area contributed by atoms with Crippen LogP contribution in [0.25, 0.3) is 0 Å². The number of nitrogens with one attached hydrogen (secondary N) is 2. The Bertz CT molecular complexity index is 497. The molecular weight excluding hydrogens is 280 g/mol. The number of hydrogen-bond acceptors (Lipinski definition) is 3. The fourth-order valence-corrected chi connectivity index (χ4v) is 2.15. The van der Waals surface area contributed by atoms with Gasteiger partial charge in [-0.2, -0.15) is 0 Å². The van der Waals surface area contributed by atoms with Gasteiger partial charge in [0.15, 0.2) is 6.10 Å². The van der Waals surface area contributed by atoms with Gasteiger partial charge in [0.2, 0.25) is 5.91 Å². The Morgan fingerprint density at radius 1 is 1.55 bits per heavy atom. The maximum Gasteiger partial charge on any atom is 0.261 e. The Balaban J connectivity index is 1.84. The third-order valence-electron chi connectivity index (χ3n) is 3.09. The van der Waals surface area contributed by atoms with Crippen molar-refractivity contribution < 1.29 is 14.3 Å². The van der Waals surface area contributed by atoms with Crippen LogP contribution in [0.2, 0.25) is 5.02 Å². The average molecular weight is 297 g/mol. The third kappa shape index (κ3) is 4.13. The van der Waals surface area contributed by atoms with Crippen LogP contribution in [-0.2, 0) is 9.59 Å². The van der Waals surface area contributed by atoms with E-state index in [2.05, 4.69) is 10.6 Å². The lowest BCUT2D eigenvalue weighted by Crippen LogP contribution is -2.50. The van der Waals surface area contributed by atoms with E-state index in [0.717, 1.165) is 0 Å². The Kier molecular flexibility index (Phi) is 4.84. The van der Waals surface area contributed by atoms with Gasteiger partial charge in [0, 0.05) is 24.0 Å². The van der Waals surface area contributed by atoms with Gasteiger partial charge in [-0.05, 0) is 31.5 Å². The smallest absolute Gasteiger partial charge is 0.261 e. The summed E-state index contributed by atoms with van der Waals surface area (Å²) in [6.07, 6.45) is 0.474. The summed E-state index contributed by atoms with van der Waals surface area (Å²) >= 11 is 5.86. The van der Waals surface area contributed by atoms with Gasteiger partial charge >= 0.3 is 0 Å². The summed E-state index contributed by atoms with van der Waals surface area (Å²) in [7, 11) is 0. The molecule has 1 aromatic carbocycles. The molecule has 1 aromatic rings. The lowest BCUT2D eigenvalue weighted by atomic mass is 10.1. The quantitative estimate of drug-likeness (QED) is 0.885. The molecule has 2 amide bonds. The van der Waals surface area contributed by atoms with Gasteiger partial charge < -0.3 is 15.4 Å². The molecule has 1 heterocycles. The fourth-order valence-electron chi connectivity index (χ4n) is 1.97. The number of piperidine rings is 1. The van der Waals surface area contributed by atoms with Crippen molar-refractivity contribution in [2.24, 2.45) is 0 Å². The van der Waals surface area contributed by atoms with E-state index in [-0.39, 0.29) is 17.9 Å². The van der Waals surface area contributed by atoms with Gasteiger partial charge in [-0.15, -0.1) is 0 Å². The van der Waals surface area contributed by atoms with Crippen molar-refractivity contribution in [3.05, 3.63) is 29.3 Å². The molecule has 1 aliphatic rings. The highest BCUT2D eigenvalue weighted by molar-refractivity contribution is 6.30. The van der Waals surface area contributed by atoms with Gasteiger partial charge in [-0.3, -0.25) is 9.59 Å². The molecule has 20 heavy (non-hydrogen) atoms. The first-order chi connectivity index (χ1) is 9.54. The fraction of sp³-hybridized carbons (Fsp3) is 0.429. The highest BCUT2D eigenvalue weighted by atomic mass is 35.5. The van der Waals surface area contributed by atoms with E-state index in [1.54, 1.807) is 31.2 Å². The van der Waals surface area contributed by atoms with Crippen LogP contribution in [0.3, 0.4) is 0 Å². The average Bonchev–Trinajstić information content (AvgIpc) is 2.41. The number of amides is 2. The van der Waals surface area contributed by atoms with Crippen LogP contribution >= 0.6 is 11.6 Å². The van der Waals surface area contributed by atoms with Crippen molar-refractivity contribution in [2.75, 3.05) is 6.54 Å². The number of carbonyl (C=O) groups is 2. The summed E-state index contributed by atoms with van der Waals surface area (Å²) < 4.78 is 5.54. The van der Waals surface area contributed by atoms with E-state index in [4.69, 9.17) is 16.3 Å². The molecule has 0 aromatic heterocycles. The molecule has 1 aliphatic heterocycles. The van der Waals surface area contributed by atoms with Crippen LogP contribution in [0.4, 0.5) is 0 Å².